The number of barbiturate groups is 1. The number of benzene rings is 1. The fourth-order valence-corrected chi connectivity index (χ4v) is 2.24. The van der Waals surface area contributed by atoms with Gasteiger partial charge >= 0.3 is 6.03 Å². The van der Waals surface area contributed by atoms with Crippen molar-refractivity contribution in [3.05, 3.63) is 29.8 Å². The summed E-state index contributed by atoms with van der Waals surface area (Å²) >= 11 is 0.789. The lowest BCUT2D eigenvalue weighted by atomic mass is 10.2. The standard InChI is InChI=1S/C12H12N4O3S/c1-6-2-4-7(5-3-6)14-11(13)20-8-9(17)15-12(19)16-10(8)18/h2-5,8H,1H3,(H2,13,14)(H2,15,16,17,18,19). The third-order valence-corrected chi connectivity index (χ3v) is 3.46. The Hall–Kier alpha value is -2.35. The molecule has 0 atom stereocenters. The molecule has 1 heterocycles. The van der Waals surface area contributed by atoms with Crippen molar-refractivity contribution < 1.29 is 14.4 Å². The molecule has 1 saturated heterocycles. The molecule has 0 bridgehead atoms. The van der Waals surface area contributed by atoms with Gasteiger partial charge in [0.1, 0.15) is 0 Å². The summed E-state index contributed by atoms with van der Waals surface area (Å²) < 4.78 is 0. The van der Waals surface area contributed by atoms with Crippen LogP contribution in [0.1, 0.15) is 5.56 Å². The predicted octanol–water partition coefficient (Wildman–Crippen LogP) is 0.409. The number of carbonyl (C=O) groups excluding carboxylic acids is 3. The normalized spacial score (nSPS) is 16.9. The van der Waals surface area contributed by atoms with Crippen LogP contribution in [0.3, 0.4) is 0 Å². The SMILES string of the molecule is Cc1ccc(N=C(N)SC2C(=O)NC(=O)NC2=O)cc1. The van der Waals surface area contributed by atoms with Crippen molar-refractivity contribution in [2.24, 2.45) is 10.7 Å². The van der Waals surface area contributed by atoms with Crippen molar-refractivity contribution in [3.63, 3.8) is 0 Å². The summed E-state index contributed by atoms with van der Waals surface area (Å²) in [6.07, 6.45) is 0. The van der Waals surface area contributed by atoms with Gasteiger partial charge in [-0.3, -0.25) is 20.2 Å². The Bertz CT molecular complexity index is 577. The molecule has 7 nitrogen and oxygen atoms in total. The Labute approximate surface area is 119 Å². The number of thioether (sulfide) groups is 1. The summed E-state index contributed by atoms with van der Waals surface area (Å²) in [6, 6.07) is 6.46. The van der Waals surface area contributed by atoms with Crippen molar-refractivity contribution in [3.8, 4) is 0 Å². The minimum absolute atomic E-state index is 0.0681. The zero-order valence-corrected chi connectivity index (χ0v) is 11.4. The lowest BCUT2D eigenvalue weighted by molar-refractivity contribution is -0.128. The van der Waals surface area contributed by atoms with Crippen molar-refractivity contribution >= 4 is 40.5 Å². The average Bonchev–Trinajstić information content (AvgIpc) is 2.36. The van der Waals surface area contributed by atoms with E-state index in [1.165, 1.54) is 0 Å². The Morgan fingerprint density at radius 2 is 1.70 bits per heavy atom. The van der Waals surface area contributed by atoms with E-state index < -0.39 is 23.1 Å². The highest BCUT2D eigenvalue weighted by Crippen LogP contribution is 2.18. The van der Waals surface area contributed by atoms with E-state index in [2.05, 4.69) is 4.99 Å². The van der Waals surface area contributed by atoms with Crippen LogP contribution in [-0.4, -0.2) is 28.3 Å². The first-order valence-electron chi connectivity index (χ1n) is 5.69. The van der Waals surface area contributed by atoms with Crippen LogP contribution in [0.2, 0.25) is 0 Å². The quantitative estimate of drug-likeness (QED) is 0.415. The summed E-state index contributed by atoms with van der Waals surface area (Å²) in [7, 11) is 0. The molecule has 1 aliphatic rings. The third-order valence-electron chi connectivity index (χ3n) is 2.46. The van der Waals surface area contributed by atoms with Crippen molar-refractivity contribution in [1.29, 1.82) is 0 Å². The highest BCUT2D eigenvalue weighted by atomic mass is 32.2. The van der Waals surface area contributed by atoms with Crippen molar-refractivity contribution in [2.45, 2.75) is 12.2 Å². The smallest absolute Gasteiger partial charge is 0.328 e. The number of nitrogens with one attached hydrogen (secondary N) is 2. The van der Waals surface area contributed by atoms with Crippen LogP contribution in [-0.2, 0) is 9.59 Å². The van der Waals surface area contributed by atoms with Crippen LogP contribution < -0.4 is 16.4 Å². The van der Waals surface area contributed by atoms with E-state index in [0.717, 1.165) is 17.3 Å². The maximum Gasteiger partial charge on any atom is 0.328 e. The summed E-state index contributed by atoms with van der Waals surface area (Å²) in [5.41, 5.74) is 7.40. The Kier molecular flexibility index (Phi) is 4.04. The molecule has 1 aromatic carbocycles. The summed E-state index contributed by atoms with van der Waals surface area (Å²) in [4.78, 5) is 38.0. The molecule has 4 N–H and O–H groups in total. The number of aryl methyl sites for hydroxylation is 1. The van der Waals surface area contributed by atoms with Gasteiger partial charge in [-0.15, -0.1) is 0 Å². The highest BCUT2D eigenvalue weighted by Gasteiger charge is 2.35. The van der Waals surface area contributed by atoms with E-state index in [4.69, 9.17) is 5.73 Å². The minimum Gasteiger partial charge on any atom is -0.378 e. The molecule has 0 spiro atoms. The molecule has 1 aliphatic heterocycles. The largest absolute Gasteiger partial charge is 0.378 e. The molecule has 4 amide bonds. The molecule has 104 valence electrons. The molecule has 0 aromatic heterocycles. The molecule has 1 aromatic rings. The van der Waals surface area contributed by atoms with Gasteiger partial charge in [-0.25, -0.2) is 9.79 Å². The summed E-state index contributed by atoms with van der Waals surface area (Å²) in [5.74, 6) is -1.41. The maximum absolute atomic E-state index is 11.5. The van der Waals surface area contributed by atoms with E-state index in [1.807, 2.05) is 29.7 Å². The number of aliphatic imine (C=N–C) groups is 1. The van der Waals surface area contributed by atoms with E-state index >= 15 is 0 Å². The Morgan fingerprint density at radius 3 is 2.25 bits per heavy atom. The van der Waals surface area contributed by atoms with E-state index in [0.29, 0.717) is 5.69 Å². The molecule has 0 radical (unpaired) electrons. The number of hydrogen-bond donors (Lipinski definition) is 3. The fourth-order valence-electron chi connectivity index (χ4n) is 1.51. The van der Waals surface area contributed by atoms with Gasteiger partial charge in [-0.1, -0.05) is 29.5 Å². The second-order valence-electron chi connectivity index (χ2n) is 4.09. The topological polar surface area (TPSA) is 114 Å². The first-order valence-corrected chi connectivity index (χ1v) is 6.57. The highest BCUT2D eigenvalue weighted by molar-refractivity contribution is 8.15. The molecule has 20 heavy (non-hydrogen) atoms. The number of nitrogens with two attached hydrogens (primary N) is 1. The second kappa shape index (κ2) is 5.74. The maximum atomic E-state index is 11.5. The van der Waals surface area contributed by atoms with Crippen LogP contribution in [0.25, 0.3) is 0 Å². The van der Waals surface area contributed by atoms with Gasteiger partial charge in [0.2, 0.25) is 0 Å². The van der Waals surface area contributed by atoms with E-state index in [-0.39, 0.29) is 5.17 Å². The molecule has 1 fully saturated rings. The molecule has 8 heteroatoms. The minimum atomic E-state index is -1.12. The number of amides is 4. The van der Waals surface area contributed by atoms with Crippen LogP contribution >= 0.6 is 11.8 Å². The van der Waals surface area contributed by atoms with Gasteiger partial charge in [-0.2, -0.15) is 0 Å². The third kappa shape index (κ3) is 3.35. The molecule has 0 saturated carbocycles. The molecular weight excluding hydrogens is 280 g/mol. The van der Waals surface area contributed by atoms with E-state index in [1.54, 1.807) is 12.1 Å². The molecule has 0 aliphatic carbocycles. The van der Waals surface area contributed by atoms with Crippen LogP contribution in [0.5, 0.6) is 0 Å². The van der Waals surface area contributed by atoms with Gasteiger partial charge in [0.25, 0.3) is 11.8 Å². The van der Waals surface area contributed by atoms with Gasteiger partial charge in [-0.05, 0) is 19.1 Å². The predicted molar refractivity (Wildman–Crippen MR) is 75.5 cm³/mol. The monoisotopic (exact) mass is 292 g/mol. The average molecular weight is 292 g/mol. The summed E-state index contributed by atoms with van der Waals surface area (Å²) in [6.45, 7) is 1.94. The molecule has 2 rings (SSSR count). The second-order valence-corrected chi connectivity index (χ2v) is 5.22. The zero-order valence-electron chi connectivity index (χ0n) is 10.5. The van der Waals surface area contributed by atoms with Gasteiger partial charge < -0.3 is 5.73 Å². The summed E-state index contributed by atoms with van der Waals surface area (Å²) in [5, 5.41) is 2.94. The van der Waals surface area contributed by atoms with Gasteiger partial charge in [0.05, 0.1) is 5.69 Å². The number of hydrogen-bond acceptors (Lipinski definition) is 5. The van der Waals surface area contributed by atoms with Crippen LogP contribution in [0, 0.1) is 6.92 Å². The number of nitrogens with zero attached hydrogens (tertiary/aromatic N) is 1. The number of imide groups is 2. The molecular formula is C12H12N4O3S. The van der Waals surface area contributed by atoms with Crippen molar-refractivity contribution in [2.75, 3.05) is 0 Å². The van der Waals surface area contributed by atoms with Crippen LogP contribution in [0.4, 0.5) is 10.5 Å². The fraction of sp³-hybridized carbons (Fsp3) is 0.167. The Morgan fingerprint density at radius 1 is 1.15 bits per heavy atom. The van der Waals surface area contributed by atoms with Crippen molar-refractivity contribution in [1.82, 2.24) is 10.6 Å². The van der Waals surface area contributed by atoms with Gasteiger partial charge in [0.15, 0.2) is 10.4 Å². The Balaban J connectivity index is 2.08. The van der Waals surface area contributed by atoms with Gasteiger partial charge in [0, 0.05) is 0 Å². The lowest BCUT2D eigenvalue weighted by Gasteiger charge is -2.19. The molecule has 0 unspecified atom stereocenters. The lowest BCUT2D eigenvalue weighted by Crippen LogP contribution is -2.57. The zero-order chi connectivity index (χ0) is 14.7. The number of rotatable bonds is 2. The van der Waals surface area contributed by atoms with E-state index in [9.17, 15) is 14.4 Å². The van der Waals surface area contributed by atoms with Crippen LogP contribution in [0.15, 0.2) is 29.3 Å². The number of carbonyl (C=O) groups is 3. The first-order chi connectivity index (χ1) is 9.45. The number of urea groups is 1. The number of amidine groups is 1. The first kappa shape index (κ1) is 14.1.